The van der Waals surface area contributed by atoms with Crippen LogP contribution in [0, 0.1) is 13.8 Å². The fourth-order valence-corrected chi connectivity index (χ4v) is 5.33. The molecule has 43 heavy (non-hydrogen) atoms. The van der Waals surface area contributed by atoms with Gasteiger partial charge in [-0.05, 0) is 70.5 Å². The lowest BCUT2D eigenvalue weighted by atomic mass is 10.1. The molecule has 0 aromatic heterocycles. The highest BCUT2D eigenvalue weighted by Crippen LogP contribution is 2.24. The average Bonchev–Trinajstić information content (AvgIpc) is 3.65. The smallest absolute Gasteiger partial charge is 0.307 e. The molecule has 0 fully saturated rings. The third-order valence-corrected chi connectivity index (χ3v) is 8.88. The van der Waals surface area contributed by atoms with Crippen LogP contribution in [0.4, 0.5) is 4.39 Å². The third-order valence-electron chi connectivity index (χ3n) is 7.10. The summed E-state index contributed by atoms with van der Waals surface area (Å²) in [5.74, 6) is -0.598. The summed E-state index contributed by atoms with van der Waals surface area (Å²) in [6.45, 7) is 7.57. The molecule has 0 aliphatic carbocycles. The highest BCUT2D eigenvalue weighted by molar-refractivity contribution is 9.10. The van der Waals surface area contributed by atoms with E-state index < -0.39 is 13.1 Å². The van der Waals surface area contributed by atoms with E-state index in [0.29, 0.717) is 6.42 Å². The van der Waals surface area contributed by atoms with Gasteiger partial charge in [-0.25, -0.2) is 0 Å². The van der Waals surface area contributed by atoms with Crippen LogP contribution < -0.4 is 5.32 Å². The topological polar surface area (TPSA) is 69.6 Å². The van der Waals surface area contributed by atoms with E-state index in [1.54, 1.807) is 0 Å². The lowest BCUT2D eigenvalue weighted by molar-refractivity contribution is -0.136. The number of carbonyl (C=O) groups excluding carboxylic acids is 1. The molecule has 5 nitrogen and oxygen atoms in total. The summed E-state index contributed by atoms with van der Waals surface area (Å²) >= 11 is 6.83. The number of aliphatic carboxylic acids is 1. The summed E-state index contributed by atoms with van der Waals surface area (Å²) in [5.41, 5.74) is 9.60. The van der Waals surface area contributed by atoms with Gasteiger partial charge in [-0.1, -0.05) is 105 Å². The van der Waals surface area contributed by atoms with E-state index in [2.05, 4.69) is 79.6 Å². The summed E-state index contributed by atoms with van der Waals surface area (Å²) in [6, 6.07) is 28.5. The lowest BCUT2D eigenvalue weighted by Crippen LogP contribution is -2.26. The number of aryl methyl sites for hydroxylation is 2. The van der Waals surface area contributed by atoms with Gasteiger partial charge in [0.1, 0.15) is 0 Å². The summed E-state index contributed by atoms with van der Waals surface area (Å²) in [6.07, 6.45) is 0.566. The zero-order valence-electron chi connectivity index (χ0n) is 25.4. The van der Waals surface area contributed by atoms with Gasteiger partial charge in [0.2, 0.25) is 5.91 Å². The number of carboxylic acids is 1. The number of rotatable bonds is 4. The van der Waals surface area contributed by atoms with Gasteiger partial charge in [0.15, 0.2) is 0 Å². The van der Waals surface area contributed by atoms with Crippen molar-refractivity contribution in [1.29, 1.82) is 0 Å². The van der Waals surface area contributed by atoms with Crippen LogP contribution in [0.15, 0.2) is 93.9 Å². The molecule has 2 aliphatic rings. The quantitative estimate of drug-likeness (QED) is 0.224. The van der Waals surface area contributed by atoms with Crippen molar-refractivity contribution < 1.29 is 20.5 Å². The molecule has 0 atom stereocenters. The van der Waals surface area contributed by atoms with E-state index in [1.807, 2.05) is 61.2 Å². The van der Waals surface area contributed by atoms with Crippen LogP contribution in [0.2, 0.25) is 0 Å². The molecule has 0 unspecified atom stereocenters. The van der Waals surface area contributed by atoms with Crippen molar-refractivity contribution in [2.75, 3.05) is 7.15 Å². The SMILES string of the molecule is Cc1cc(CC(=O)N2Cc3ccccc3C2)ccc1Br.Cc1cc(CC(=O)O)ccc1Br.[2H]CF.c1ccc2c(c1)CNC2. The molecule has 0 spiro atoms. The highest BCUT2D eigenvalue weighted by Gasteiger charge is 2.22. The molecule has 0 bridgehead atoms. The lowest BCUT2D eigenvalue weighted by Gasteiger charge is -2.15. The Morgan fingerprint density at radius 2 is 1.21 bits per heavy atom. The van der Waals surface area contributed by atoms with Crippen LogP contribution in [-0.4, -0.2) is 29.0 Å². The van der Waals surface area contributed by atoms with Gasteiger partial charge >= 0.3 is 5.97 Å². The molecular formula is C35H37Br2FN2O3. The van der Waals surface area contributed by atoms with Gasteiger partial charge in [0.05, 0.1) is 21.4 Å². The van der Waals surface area contributed by atoms with E-state index in [9.17, 15) is 14.0 Å². The zero-order valence-corrected chi connectivity index (χ0v) is 27.5. The predicted octanol–water partition coefficient (Wildman–Crippen LogP) is 8.10. The van der Waals surface area contributed by atoms with Gasteiger partial charge in [-0.3, -0.25) is 14.0 Å². The molecule has 0 radical (unpaired) electrons. The van der Waals surface area contributed by atoms with Crippen LogP contribution >= 0.6 is 31.9 Å². The number of alkyl halides is 1. The Hall–Kier alpha value is -3.33. The number of hydrogen-bond donors (Lipinski definition) is 2. The van der Waals surface area contributed by atoms with Crippen molar-refractivity contribution in [2.24, 2.45) is 0 Å². The number of benzene rings is 4. The molecule has 2 heterocycles. The largest absolute Gasteiger partial charge is 0.481 e. The number of amides is 1. The van der Waals surface area contributed by atoms with Crippen molar-refractivity contribution in [3.05, 3.63) is 138 Å². The van der Waals surface area contributed by atoms with Crippen LogP contribution in [0.3, 0.4) is 0 Å². The number of nitrogens with one attached hydrogen (secondary N) is 1. The number of carboxylic acid groups (broad SMARTS) is 1. The maximum Gasteiger partial charge on any atom is 0.307 e. The van der Waals surface area contributed by atoms with E-state index >= 15 is 0 Å². The average molecular weight is 714 g/mol. The van der Waals surface area contributed by atoms with Gasteiger partial charge < -0.3 is 15.3 Å². The Morgan fingerprint density at radius 3 is 1.63 bits per heavy atom. The van der Waals surface area contributed by atoms with E-state index in [1.165, 1.54) is 27.8 Å². The molecule has 8 heteroatoms. The first kappa shape index (κ1) is 32.6. The van der Waals surface area contributed by atoms with Crippen molar-refractivity contribution >= 4 is 43.7 Å². The highest BCUT2D eigenvalue weighted by atomic mass is 79.9. The first-order valence-electron chi connectivity index (χ1n) is 14.5. The second kappa shape index (κ2) is 17.1. The first-order chi connectivity index (χ1) is 21.1. The first-order valence-corrected chi connectivity index (χ1v) is 15.4. The number of hydrogen-bond acceptors (Lipinski definition) is 3. The molecule has 6 rings (SSSR count). The molecule has 2 N–H and O–H groups in total. The maximum atomic E-state index is 12.4. The summed E-state index contributed by atoms with van der Waals surface area (Å²) in [4.78, 5) is 24.7. The summed E-state index contributed by atoms with van der Waals surface area (Å²) < 4.78 is 17.6. The zero-order chi connectivity index (χ0) is 32.1. The van der Waals surface area contributed by atoms with E-state index in [0.717, 1.165) is 51.8 Å². The minimum Gasteiger partial charge on any atom is -0.481 e. The standard InChI is InChI=1S/C17H16BrNO.C9H9BrO2.C8H9N.CH3F/c1-12-8-13(6-7-16(12)18)9-17(20)19-10-14-4-2-3-5-15(14)11-19;1-6-4-7(5-9(11)12)2-3-8(6)10;1-2-4-8-6-9-5-7(8)3-1;1-2/h2-8H,9-11H2,1H3;2-4H,5H2,1H3,(H,11,12);1-4,9H,5-6H2;1H3/i;;;1D. The Kier molecular flexibility index (Phi) is 12.9. The molecule has 4 aromatic rings. The molecule has 0 saturated carbocycles. The summed E-state index contributed by atoms with van der Waals surface area (Å²) in [7, 11) is -1.00. The molecule has 226 valence electrons. The van der Waals surface area contributed by atoms with Gasteiger partial charge in [-0.15, -0.1) is 0 Å². The molecular weight excluding hydrogens is 675 g/mol. The minimum absolute atomic E-state index is 0.0914. The Morgan fingerprint density at radius 1 is 0.791 bits per heavy atom. The monoisotopic (exact) mass is 711 g/mol. The second-order valence-electron chi connectivity index (χ2n) is 10.3. The number of halogens is 3. The summed E-state index contributed by atoms with van der Waals surface area (Å²) in [5, 5.41) is 11.8. The second-order valence-corrected chi connectivity index (χ2v) is 12.0. The van der Waals surface area contributed by atoms with Crippen molar-refractivity contribution in [1.82, 2.24) is 10.2 Å². The molecule has 0 saturated heterocycles. The van der Waals surface area contributed by atoms with Crippen LogP contribution in [0.1, 0.15) is 45.9 Å². The fourth-order valence-electron chi connectivity index (χ4n) is 4.84. The van der Waals surface area contributed by atoms with Crippen LogP contribution in [0.25, 0.3) is 0 Å². The molecule has 1 amide bonds. The maximum absolute atomic E-state index is 12.4. The van der Waals surface area contributed by atoms with Gasteiger partial charge in [0.25, 0.3) is 0 Å². The van der Waals surface area contributed by atoms with Crippen molar-refractivity contribution in [3.8, 4) is 0 Å². The van der Waals surface area contributed by atoms with Crippen molar-refractivity contribution in [2.45, 2.75) is 52.9 Å². The van der Waals surface area contributed by atoms with Gasteiger partial charge in [0, 0.05) is 35.1 Å². The van der Waals surface area contributed by atoms with E-state index in [-0.39, 0.29) is 12.3 Å². The van der Waals surface area contributed by atoms with Crippen LogP contribution in [-0.2, 0) is 48.6 Å². The Balaban J connectivity index is 0.000000187. The number of fused-ring (bicyclic) bond motifs is 2. The molecule has 4 aromatic carbocycles. The Labute approximate surface area is 271 Å². The van der Waals surface area contributed by atoms with E-state index in [4.69, 9.17) is 6.48 Å². The fraction of sp³-hybridized carbons (Fsp3) is 0.257. The third kappa shape index (κ3) is 10.4. The predicted molar refractivity (Wildman–Crippen MR) is 178 cm³/mol. The molecule has 2 aliphatic heterocycles. The minimum atomic E-state index is -1.00. The normalized spacial score (nSPS) is 12.7. The Bertz CT molecular complexity index is 1520. The van der Waals surface area contributed by atoms with Crippen LogP contribution in [0.5, 0.6) is 0 Å². The van der Waals surface area contributed by atoms with Gasteiger partial charge in [-0.2, -0.15) is 0 Å². The number of carbonyl (C=O) groups is 2. The number of nitrogens with zero attached hydrogens (tertiary/aromatic N) is 1. The van der Waals surface area contributed by atoms with Crippen molar-refractivity contribution in [3.63, 3.8) is 0 Å².